The Morgan fingerprint density at radius 2 is 1.48 bits per heavy atom. The fourth-order valence-corrected chi connectivity index (χ4v) is 4.35. The number of hydrogen-bond acceptors (Lipinski definition) is 4. The Kier molecular flexibility index (Phi) is 5.16. The summed E-state index contributed by atoms with van der Waals surface area (Å²) in [6, 6.07) is 13.7. The Morgan fingerprint density at radius 1 is 0.852 bits per heavy atom. The van der Waals surface area contributed by atoms with E-state index in [9.17, 15) is 13.2 Å². The second-order valence-electron chi connectivity index (χ2n) is 6.82. The lowest BCUT2D eigenvalue weighted by atomic mass is 10.1. The molecule has 1 aromatic heterocycles. The molecule has 4 rings (SSSR count). The lowest BCUT2D eigenvalue weighted by molar-refractivity contribution is -0.137. The molecule has 2 aromatic carbocycles. The summed E-state index contributed by atoms with van der Waals surface area (Å²) in [6.45, 7) is 5.24. The van der Waals surface area contributed by atoms with Crippen LogP contribution in [0.25, 0.3) is 10.2 Å². The average molecular weight is 391 g/mol. The van der Waals surface area contributed by atoms with Gasteiger partial charge in [-0.25, -0.2) is 4.98 Å². The summed E-state index contributed by atoms with van der Waals surface area (Å²) in [7, 11) is 0. The van der Waals surface area contributed by atoms with E-state index in [2.05, 4.69) is 15.9 Å². The van der Waals surface area contributed by atoms with Crippen molar-refractivity contribution in [2.75, 3.05) is 26.2 Å². The van der Waals surface area contributed by atoms with Crippen molar-refractivity contribution in [1.29, 1.82) is 0 Å². The first-order valence-corrected chi connectivity index (χ1v) is 9.74. The minimum atomic E-state index is -4.27. The fourth-order valence-electron chi connectivity index (χ4n) is 3.34. The van der Waals surface area contributed by atoms with Crippen molar-refractivity contribution in [3.63, 3.8) is 0 Å². The maximum atomic E-state index is 12.6. The van der Waals surface area contributed by atoms with Crippen LogP contribution in [0.1, 0.15) is 16.1 Å². The zero-order valence-corrected chi connectivity index (χ0v) is 15.6. The van der Waals surface area contributed by atoms with Gasteiger partial charge in [0.1, 0.15) is 5.01 Å². The molecule has 3 nitrogen and oxygen atoms in total. The van der Waals surface area contributed by atoms with Crippen LogP contribution in [0.15, 0.2) is 48.5 Å². The molecule has 0 N–H and O–H groups in total. The van der Waals surface area contributed by atoms with Gasteiger partial charge in [0.25, 0.3) is 0 Å². The predicted molar refractivity (Wildman–Crippen MR) is 102 cm³/mol. The molecule has 142 valence electrons. The van der Waals surface area contributed by atoms with E-state index in [-0.39, 0.29) is 0 Å². The van der Waals surface area contributed by atoms with Gasteiger partial charge in [-0.2, -0.15) is 13.2 Å². The Balaban J connectivity index is 1.29. The van der Waals surface area contributed by atoms with Crippen LogP contribution in [0.2, 0.25) is 0 Å². The van der Waals surface area contributed by atoms with E-state index in [1.54, 1.807) is 23.5 Å². The van der Waals surface area contributed by atoms with Gasteiger partial charge in [-0.1, -0.05) is 24.3 Å². The normalized spacial score (nSPS) is 16.9. The molecule has 0 bridgehead atoms. The Bertz CT molecular complexity index is 864. The number of nitrogens with zero attached hydrogens (tertiary/aromatic N) is 3. The van der Waals surface area contributed by atoms with Gasteiger partial charge in [-0.3, -0.25) is 9.80 Å². The molecule has 0 unspecified atom stereocenters. The summed E-state index contributed by atoms with van der Waals surface area (Å²) >= 11 is 1.74. The number of benzene rings is 2. The number of alkyl halides is 3. The SMILES string of the molecule is FC(F)(F)c1ccc(CN2CCN(Cc3nc4ccccc4s3)CC2)cc1. The molecule has 0 amide bonds. The molecule has 0 radical (unpaired) electrons. The van der Waals surface area contributed by atoms with Gasteiger partial charge in [0, 0.05) is 32.7 Å². The summed E-state index contributed by atoms with van der Waals surface area (Å²) in [5.74, 6) is 0. The standard InChI is InChI=1S/C20H20F3N3S/c21-20(22,23)16-7-5-15(6-8-16)13-25-9-11-26(12-10-25)14-19-24-17-3-1-2-4-18(17)27-19/h1-8H,9-14H2. The molecule has 1 aliphatic heterocycles. The quantitative estimate of drug-likeness (QED) is 0.646. The highest BCUT2D eigenvalue weighted by Gasteiger charge is 2.30. The number of hydrogen-bond donors (Lipinski definition) is 0. The first kappa shape index (κ1) is 18.4. The summed E-state index contributed by atoms with van der Waals surface area (Å²) in [6.07, 6.45) is -4.27. The van der Waals surface area contributed by atoms with Crippen molar-refractivity contribution in [2.24, 2.45) is 0 Å². The third-order valence-corrected chi connectivity index (χ3v) is 5.87. The monoisotopic (exact) mass is 391 g/mol. The van der Waals surface area contributed by atoms with E-state index in [1.165, 1.54) is 16.8 Å². The number of piperazine rings is 1. The smallest absolute Gasteiger partial charge is 0.297 e. The predicted octanol–water partition coefficient (Wildman–Crippen LogP) is 4.63. The molecule has 27 heavy (non-hydrogen) atoms. The largest absolute Gasteiger partial charge is 0.416 e. The van der Waals surface area contributed by atoms with Crippen LogP contribution in [0.3, 0.4) is 0 Å². The second-order valence-corrected chi connectivity index (χ2v) is 7.94. The number of thiazole rings is 1. The molecule has 0 atom stereocenters. The number of para-hydroxylation sites is 1. The Morgan fingerprint density at radius 3 is 2.11 bits per heavy atom. The molecule has 0 spiro atoms. The molecule has 1 aliphatic rings. The number of fused-ring (bicyclic) bond motifs is 1. The van der Waals surface area contributed by atoms with E-state index < -0.39 is 11.7 Å². The summed E-state index contributed by atoms with van der Waals surface area (Å²) in [4.78, 5) is 9.37. The average Bonchev–Trinajstić information content (AvgIpc) is 3.05. The Hall–Kier alpha value is -1.96. The number of aromatic nitrogens is 1. The highest BCUT2D eigenvalue weighted by atomic mass is 32.1. The molecule has 7 heteroatoms. The van der Waals surface area contributed by atoms with Crippen LogP contribution < -0.4 is 0 Å². The second kappa shape index (κ2) is 7.58. The minimum Gasteiger partial charge on any atom is -0.297 e. The van der Waals surface area contributed by atoms with Crippen LogP contribution in [-0.4, -0.2) is 41.0 Å². The van der Waals surface area contributed by atoms with E-state index in [1.807, 2.05) is 18.2 Å². The van der Waals surface area contributed by atoms with E-state index in [4.69, 9.17) is 4.98 Å². The fraction of sp³-hybridized carbons (Fsp3) is 0.350. The zero-order chi connectivity index (χ0) is 18.9. The maximum absolute atomic E-state index is 12.6. The van der Waals surface area contributed by atoms with Crippen LogP contribution in [0.4, 0.5) is 13.2 Å². The van der Waals surface area contributed by atoms with Crippen molar-refractivity contribution >= 4 is 21.6 Å². The summed E-state index contributed by atoms with van der Waals surface area (Å²) < 4.78 is 39.2. The minimum absolute atomic E-state index is 0.591. The molecule has 1 fully saturated rings. The molecule has 3 aromatic rings. The van der Waals surface area contributed by atoms with Crippen molar-refractivity contribution in [3.8, 4) is 0 Å². The molecular weight excluding hydrogens is 371 g/mol. The third kappa shape index (κ3) is 4.48. The zero-order valence-electron chi connectivity index (χ0n) is 14.7. The lowest BCUT2D eigenvalue weighted by Gasteiger charge is -2.34. The lowest BCUT2D eigenvalue weighted by Crippen LogP contribution is -2.45. The first-order chi connectivity index (χ1) is 13.0. The van der Waals surface area contributed by atoms with Crippen LogP contribution in [0, 0.1) is 0 Å². The molecular formula is C20H20F3N3S. The van der Waals surface area contributed by atoms with Crippen molar-refractivity contribution in [1.82, 2.24) is 14.8 Å². The maximum Gasteiger partial charge on any atom is 0.416 e. The van der Waals surface area contributed by atoms with Crippen LogP contribution >= 0.6 is 11.3 Å². The van der Waals surface area contributed by atoms with E-state index in [0.717, 1.165) is 48.8 Å². The first-order valence-electron chi connectivity index (χ1n) is 8.93. The van der Waals surface area contributed by atoms with Gasteiger partial charge in [0.2, 0.25) is 0 Å². The van der Waals surface area contributed by atoms with Crippen LogP contribution in [-0.2, 0) is 19.3 Å². The van der Waals surface area contributed by atoms with Gasteiger partial charge in [-0.05, 0) is 29.8 Å². The van der Waals surface area contributed by atoms with Crippen molar-refractivity contribution < 1.29 is 13.2 Å². The highest BCUT2D eigenvalue weighted by molar-refractivity contribution is 7.18. The van der Waals surface area contributed by atoms with Gasteiger partial charge in [0.15, 0.2) is 0 Å². The molecule has 2 heterocycles. The third-order valence-electron chi connectivity index (χ3n) is 4.85. The highest BCUT2D eigenvalue weighted by Crippen LogP contribution is 2.29. The molecule has 1 saturated heterocycles. The van der Waals surface area contributed by atoms with E-state index in [0.29, 0.717) is 6.54 Å². The topological polar surface area (TPSA) is 19.4 Å². The van der Waals surface area contributed by atoms with Gasteiger partial charge < -0.3 is 0 Å². The Labute approximate surface area is 160 Å². The van der Waals surface area contributed by atoms with Gasteiger partial charge >= 0.3 is 6.18 Å². The molecule has 0 aliphatic carbocycles. The van der Waals surface area contributed by atoms with Crippen molar-refractivity contribution in [2.45, 2.75) is 19.3 Å². The summed E-state index contributed by atoms with van der Waals surface area (Å²) in [5, 5.41) is 1.13. The van der Waals surface area contributed by atoms with Gasteiger partial charge in [0.05, 0.1) is 22.3 Å². The summed E-state index contributed by atoms with van der Waals surface area (Å²) in [5.41, 5.74) is 1.38. The van der Waals surface area contributed by atoms with Crippen LogP contribution in [0.5, 0.6) is 0 Å². The molecule has 0 saturated carbocycles. The number of halogens is 3. The van der Waals surface area contributed by atoms with Crippen molar-refractivity contribution in [3.05, 3.63) is 64.7 Å². The van der Waals surface area contributed by atoms with E-state index >= 15 is 0 Å². The number of rotatable bonds is 4. The van der Waals surface area contributed by atoms with Gasteiger partial charge in [-0.15, -0.1) is 11.3 Å².